The lowest BCUT2D eigenvalue weighted by Crippen LogP contribution is -2.46. The Morgan fingerprint density at radius 2 is 2.15 bits per heavy atom. The summed E-state index contributed by atoms with van der Waals surface area (Å²) in [5.74, 6) is 1.48. The number of nitrogens with one attached hydrogen (secondary N) is 1. The van der Waals surface area contributed by atoms with E-state index >= 15 is 0 Å². The Kier molecular flexibility index (Phi) is 4.83. The van der Waals surface area contributed by atoms with Gasteiger partial charge >= 0.3 is 0 Å². The average Bonchev–Trinajstić information content (AvgIpc) is 2.58. The van der Waals surface area contributed by atoms with Crippen LogP contribution in [0.2, 0.25) is 0 Å². The predicted molar refractivity (Wildman–Crippen MR) is 79.3 cm³/mol. The van der Waals surface area contributed by atoms with Gasteiger partial charge in [0.2, 0.25) is 0 Å². The fourth-order valence-corrected chi connectivity index (χ4v) is 2.73. The standard InChI is InChI=1S/C15H25N3O2/c1-15(2)11-18(9-5-7-17-15)10-12-14(20-4)13(19-3)6-8-16-12/h6,8,17H,5,7,9-11H2,1-4H3. The van der Waals surface area contributed by atoms with Crippen molar-refractivity contribution in [2.45, 2.75) is 32.4 Å². The maximum absolute atomic E-state index is 5.46. The molecule has 112 valence electrons. The van der Waals surface area contributed by atoms with Crippen LogP contribution in [0.4, 0.5) is 0 Å². The molecule has 1 fully saturated rings. The number of rotatable bonds is 4. The van der Waals surface area contributed by atoms with Gasteiger partial charge in [0.15, 0.2) is 11.5 Å². The highest BCUT2D eigenvalue weighted by Crippen LogP contribution is 2.30. The van der Waals surface area contributed by atoms with Crippen molar-refractivity contribution in [3.63, 3.8) is 0 Å². The van der Waals surface area contributed by atoms with Crippen LogP contribution < -0.4 is 14.8 Å². The number of hydrogen-bond acceptors (Lipinski definition) is 5. The second kappa shape index (κ2) is 6.41. The third-order valence-electron chi connectivity index (χ3n) is 3.61. The number of nitrogens with zero attached hydrogens (tertiary/aromatic N) is 2. The van der Waals surface area contributed by atoms with Crippen molar-refractivity contribution in [1.29, 1.82) is 0 Å². The maximum Gasteiger partial charge on any atom is 0.183 e. The molecule has 2 heterocycles. The van der Waals surface area contributed by atoms with Crippen LogP contribution in [0.1, 0.15) is 26.0 Å². The summed E-state index contributed by atoms with van der Waals surface area (Å²) in [5.41, 5.74) is 1.06. The van der Waals surface area contributed by atoms with Crippen molar-refractivity contribution in [2.24, 2.45) is 0 Å². The van der Waals surface area contributed by atoms with Crippen LogP contribution in [-0.2, 0) is 6.54 Å². The number of aromatic nitrogens is 1. The van der Waals surface area contributed by atoms with Crippen molar-refractivity contribution in [2.75, 3.05) is 33.9 Å². The molecule has 20 heavy (non-hydrogen) atoms. The van der Waals surface area contributed by atoms with Crippen molar-refractivity contribution < 1.29 is 9.47 Å². The van der Waals surface area contributed by atoms with Crippen molar-refractivity contribution in [1.82, 2.24) is 15.2 Å². The monoisotopic (exact) mass is 279 g/mol. The Labute approximate surface area is 121 Å². The largest absolute Gasteiger partial charge is 0.493 e. The average molecular weight is 279 g/mol. The molecule has 1 aromatic rings. The summed E-state index contributed by atoms with van der Waals surface area (Å²) in [6.07, 6.45) is 2.92. The lowest BCUT2D eigenvalue weighted by atomic mass is 10.1. The quantitative estimate of drug-likeness (QED) is 0.908. The number of pyridine rings is 1. The molecule has 1 saturated heterocycles. The topological polar surface area (TPSA) is 46.6 Å². The van der Waals surface area contributed by atoms with Crippen LogP contribution in [0.25, 0.3) is 0 Å². The maximum atomic E-state index is 5.46. The van der Waals surface area contributed by atoms with E-state index in [2.05, 4.69) is 29.0 Å². The molecule has 0 spiro atoms. The highest BCUT2D eigenvalue weighted by Gasteiger charge is 2.25. The first-order valence-corrected chi connectivity index (χ1v) is 7.09. The minimum absolute atomic E-state index is 0.128. The molecule has 5 nitrogen and oxygen atoms in total. The summed E-state index contributed by atoms with van der Waals surface area (Å²) in [6.45, 7) is 8.38. The molecule has 1 aromatic heterocycles. The molecule has 0 saturated carbocycles. The first-order valence-electron chi connectivity index (χ1n) is 7.09. The van der Waals surface area contributed by atoms with Crippen LogP contribution in [0.5, 0.6) is 11.5 Å². The van der Waals surface area contributed by atoms with Crippen molar-refractivity contribution in [3.8, 4) is 11.5 Å². The smallest absolute Gasteiger partial charge is 0.183 e. The third-order valence-corrected chi connectivity index (χ3v) is 3.61. The lowest BCUT2D eigenvalue weighted by molar-refractivity contribution is 0.218. The predicted octanol–water partition coefficient (Wildman–Crippen LogP) is 1.67. The molecule has 0 aromatic carbocycles. The third kappa shape index (κ3) is 3.61. The second-order valence-corrected chi connectivity index (χ2v) is 5.87. The Morgan fingerprint density at radius 3 is 2.85 bits per heavy atom. The van der Waals surface area contributed by atoms with Gasteiger partial charge < -0.3 is 14.8 Å². The minimum atomic E-state index is 0.128. The van der Waals surface area contributed by atoms with Gasteiger partial charge in [0.1, 0.15) is 5.69 Å². The summed E-state index contributed by atoms with van der Waals surface area (Å²) in [4.78, 5) is 6.88. The van der Waals surface area contributed by atoms with E-state index in [1.807, 2.05) is 6.07 Å². The summed E-state index contributed by atoms with van der Waals surface area (Å²) in [6, 6.07) is 1.83. The van der Waals surface area contributed by atoms with Gasteiger partial charge in [0.25, 0.3) is 0 Å². The minimum Gasteiger partial charge on any atom is -0.493 e. The molecule has 0 unspecified atom stereocenters. The fourth-order valence-electron chi connectivity index (χ4n) is 2.73. The van der Waals surface area contributed by atoms with Gasteiger partial charge in [0.05, 0.1) is 14.2 Å². The van der Waals surface area contributed by atoms with Crippen molar-refractivity contribution >= 4 is 0 Å². The molecule has 1 N–H and O–H groups in total. The molecule has 2 rings (SSSR count). The summed E-state index contributed by atoms with van der Waals surface area (Å²) in [5, 5.41) is 3.57. The normalized spacial score (nSPS) is 19.4. The molecule has 0 radical (unpaired) electrons. The Morgan fingerprint density at radius 1 is 1.35 bits per heavy atom. The van der Waals surface area contributed by atoms with Crippen LogP contribution in [-0.4, -0.2) is 49.3 Å². The van der Waals surface area contributed by atoms with Crippen LogP contribution in [0.3, 0.4) is 0 Å². The first-order chi connectivity index (χ1) is 9.55. The van der Waals surface area contributed by atoms with E-state index in [0.717, 1.165) is 49.8 Å². The van der Waals surface area contributed by atoms with E-state index in [9.17, 15) is 0 Å². The number of hydrogen-bond donors (Lipinski definition) is 1. The second-order valence-electron chi connectivity index (χ2n) is 5.87. The van der Waals surface area contributed by atoms with Gasteiger partial charge in [-0.1, -0.05) is 0 Å². The van der Waals surface area contributed by atoms with Gasteiger partial charge in [-0.2, -0.15) is 0 Å². The van der Waals surface area contributed by atoms with Crippen molar-refractivity contribution in [3.05, 3.63) is 18.0 Å². The van der Waals surface area contributed by atoms with E-state index in [-0.39, 0.29) is 5.54 Å². The van der Waals surface area contributed by atoms with Gasteiger partial charge in [-0.15, -0.1) is 0 Å². The van der Waals surface area contributed by atoms with E-state index in [0.29, 0.717) is 0 Å². The van der Waals surface area contributed by atoms with E-state index in [4.69, 9.17) is 9.47 Å². The van der Waals surface area contributed by atoms with Gasteiger partial charge in [-0.3, -0.25) is 9.88 Å². The molecular formula is C15H25N3O2. The SMILES string of the molecule is COc1ccnc(CN2CCCNC(C)(C)C2)c1OC. The number of methoxy groups -OCH3 is 2. The van der Waals surface area contributed by atoms with Crippen LogP contribution >= 0.6 is 0 Å². The lowest BCUT2D eigenvalue weighted by Gasteiger charge is -2.30. The molecule has 0 amide bonds. The van der Waals surface area contributed by atoms with Gasteiger partial charge in [-0.25, -0.2) is 0 Å². The summed E-state index contributed by atoms with van der Waals surface area (Å²) in [7, 11) is 3.32. The van der Waals surface area contributed by atoms with E-state index in [1.54, 1.807) is 20.4 Å². The molecule has 1 aliphatic heterocycles. The molecule has 0 aliphatic carbocycles. The Hall–Kier alpha value is -1.33. The number of ether oxygens (including phenoxy) is 2. The van der Waals surface area contributed by atoms with Crippen LogP contribution in [0.15, 0.2) is 12.3 Å². The van der Waals surface area contributed by atoms with Gasteiger partial charge in [-0.05, 0) is 33.4 Å². The van der Waals surface area contributed by atoms with E-state index in [1.165, 1.54) is 0 Å². The molecular weight excluding hydrogens is 254 g/mol. The molecule has 1 aliphatic rings. The zero-order chi connectivity index (χ0) is 14.6. The zero-order valence-corrected chi connectivity index (χ0v) is 12.9. The Balaban J connectivity index is 2.16. The molecule has 0 atom stereocenters. The summed E-state index contributed by atoms with van der Waals surface area (Å²) < 4.78 is 10.8. The van der Waals surface area contributed by atoms with E-state index < -0.39 is 0 Å². The molecule has 0 bridgehead atoms. The summed E-state index contributed by atoms with van der Waals surface area (Å²) >= 11 is 0. The van der Waals surface area contributed by atoms with Gasteiger partial charge in [0, 0.05) is 30.9 Å². The van der Waals surface area contributed by atoms with Crippen LogP contribution in [0, 0.1) is 0 Å². The Bertz CT molecular complexity index is 449. The fraction of sp³-hybridized carbons (Fsp3) is 0.667. The molecule has 5 heteroatoms. The highest BCUT2D eigenvalue weighted by molar-refractivity contribution is 5.42. The first kappa shape index (κ1) is 15.1. The highest BCUT2D eigenvalue weighted by atomic mass is 16.5. The zero-order valence-electron chi connectivity index (χ0n) is 12.9.